The maximum atomic E-state index is 10.9. The van der Waals surface area contributed by atoms with Gasteiger partial charge in [0.05, 0.1) is 23.2 Å². The molecule has 0 aliphatic rings. The van der Waals surface area contributed by atoms with Gasteiger partial charge in [0.25, 0.3) is 0 Å². The van der Waals surface area contributed by atoms with Gasteiger partial charge in [0.15, 0.2) is 5.11 Å². The summed E-state index contributed by atoms with van der Waals surface area (Å²) in [6, 6.07) is 13.7. The van der Waals surface area contributed by atoms with Crippen LogP contribution in [0.1, 0.15) is 28.5 Å². The van der Waals surface area contributed by atoms with Crippen molar-refractivity contribution < 1.29 is 14.6 Å². The van der Waals surface area contributed by atoms with Gasteiger partial charge in [0.2, 0.25) is 0 Å². The van der Waals surface area contributed by atoms with Crippen molar-refractivity contribution in [3.05, 3.63) is 71.5 Å². The van der Waals surface area contributed by atoms with E-state index in [0.29, 0.717) is 17.1 Å². The Bertz CT molecular complexity index is 1040. The van der Waals surface area contributed by atoms with Crippen molar-refractivity contribution in [1.82, 2.24) is 20.4 Å². The molecular formula is C19H18N6O3S. The van der Waals surface area contributed by atoms with Crippen LogP contribution in [0.5, 0.6) is 5.75 Å². The van der Waals surface area contributed by atoms with Gasteiger partial charge in [-0.05, 0) is 73.2 Å². The summed E-state index contributed by atoms with van der Waals surface area (Å²) in [4.78, 5) is 10.9. The first-order chi connectivity index (χ1) is 13.9. The van der Waals surface area contributed by atoms with E-state index in [1.807, 2.05) is 31.2 Å². The first-order valence-corrected chi connectivity index (χ1v) is 8.91. The third kappa shape index (κ3) is 5.36. The molecule has 0 unspecified atom stereocenters. The van der Waals surface area contributed by atoms with Crippen molar-refractivity contribution in [3.63, 3.8) is 0 Å². The van der Waals surface area contributed by atoms with Gasteiger partial charge in [0, 0.05) is 0 Å². The summed E-state index contributed by atoms with van der Waals surface area (Å²) in [5, 5.41) is 21.2. The molecule has 0 radical (unpaired) electrons. The number of rotatable bonds is 7. The molecule has 0 spiro atoms. The van der Waals surface area contributed by atoms with Crippen LogP contribution in [-0.4, -0.2) is 36.9 Å². The number of benzene rings is 2. The molecular weight excluding hydrogens is 392 g/mol. The minimum absolute atomic E-state index is 0.107. The summed E-state index contributed by atoms with van der Waals surface area (Å²) in [6.45, 7) is 2.07. The summed E-state index contributed by atoms with van der Waals surface area (Å²) in [7, 11) is 0. The average molecular weight is 410 g/mol. The maximum absolute atomic E-state index is 10.9. The molecule has 4 N–H and O–H groups in total. The fourth-order valence-electron chi connectivity index (χ4n) is 2.40. The van der Waals surface area contributed by atoms with E-state index in [1.165, 1.54) is 12.1 Å². The maximum Gasteiger partial charge on any atom is 0.335 e. The van der Waals surface area contributed by atoms with Gasteiger partial charge < -0.3 is 15.6 Å². The van der Waals surface area contributed by atoms with Crippen molar-refractivity contribution in [2.24, 2.45) is 10.8 Å². The lowest BCUT2D eigenvalue weighted by Gasteiger charge is -2.06. The molecule has 3 aromatic rings. The van der Waals surface area contributed by atoms with Gasteiger partial charge >= 0.3 is 5.97 Å². The second-order valence-corrected chi connectivity index (χ2v) is 6.43. The number of carboxylic acid groups (broad SMARTS) is 1. The van der Waals surface area contributed by atoms with Crippen molar-refractivity contribution in [2.45, 2.75) is 13.5 Å². The van der Waals surface area contributed by atoms with E-state index < -0.39 is 5.97 Å². The lowest BCUT2D eigenvalue weighted by molar-refractivity contribution is 0.0697. The van der Waals surface area contributed by atoms with Gasteiger partial charge in [-0.2, -0.15) is 5.10 Å². The predicted molar refractivity (Wildman–Crippen MR) is 111 cm³/mol. The minimum Gasteiger partial charge on any atom is -0.487 e. The molecule has 0 amide bonds. The number of nitrogens with two attached hydrogens (primary N) is 1. The standard InChI is InChI=1S/C19H18N6O3S/c1-12(21-23-19(20)29)13-4-8-17(9-5-13)28-11-15-10-25(24-22-15)16-6-2-14(3-7-16)18(26)27/h2-10H,11H2,1H3,(H,26,27)(H3,20,23,29)/b21-12-. The lowest BCUT2D eigenvalue weighted by atomic mass is 10.1. The molecule has 29 heavy (non-hydrogen) atoms. The molecule has 1 heterocycles. The molecule has 9 nitrogen and oxygen atoms in total. The number of aromatic carboxylic acids is 1. The quantitative estimate of drug-likeness (QED) is 0.307. The number of nitrogens with one attached hydrogen (secondary N) is 1. The molecule has 0 aliphatic carbocycles. The molecule has 2 aromatic carbocycles. The van der Waals surface area contributed by atoms with Crippen LogP contribution in [0.25, 0.3) is 5.69 Å². The normalized spacial score (nSPS) is 11.1. The number of nitrogens with zero attached hydrogens (tertiary/aromatic N) is 4. The van der Waals surface area contributed by atoms with Crippen LogP contribution in [-0.2, 0) is 6.61 Å². The number of hydrazone groups is 1. The summed E-state index contributed by atoms with van der Waals surface area (Å²) in [6.07, 6.45) is 1.72. The second kappa shape index (κ2) is 8.93. The van der Waals surface area contributed by atoms with Crippen LogP contribution in [0, 0.1) is 0 Å². The van der Waals surface area contributed by atoms with Crippen molar-refractivity contribution in [2.75, 3.05) is 0 Å². The van der Waals surface area contributed by atoms with E-state index in [2.05, 4.69) is 20.8 Å². The smallest absolute Gasteiger partial charge is 0.335 e. The zero-order valence-electron chi connectivity index (χ0n) is 15.4. The van der Waals surface area contributed by atoms with Crippen molar-refractivity contribution >= 4 is 29.0 Å². The van der Waals surface area contributed by atoms with Crippen molar-refractivity contribution in [1.29, 1.82) is 0 Å². The number of ether oxygens (including phenoxy) is 1. The van der Waals surface area contributed by atoms with Crippen LogP contribution in [0.2, 0.25) is 0 Å². The highest BCUT2D eigenvalue weighted by molar-refractivity contribution is 7.80. The molecule has 0 bridgehead atoms. The lowest BCUT2D eigenvalue weighted by Crippen LogP contribution is -2.25. The van der Waals surface area contributed by atoms with Crippen LogP contribution in [0.4, 0.5) is 0 Å². The van der Waals surface area contributed by atoms with E-state index >= 15 is 0 Å². The fraction of sp³-hybridized carbons (Fsp3) is 0.105. The van der Waals surface area contributed by atoms with E-state index in [4.69, 9.17) is 27.8 Å². The Balaban J connectivity index is 1.60. The number of carboxylic acids is 1. The SMILES string of the molecule is C/C(=N/NC(N)=S)c1ccc(OCc2cn(-c3ccc(C(=O)O)cc3)nn2)cc1. The summed E-state index contributed by atoms with van der Waals surface area (Å²) in [5.41, 5.74) is 11.1. The second-order valence-electron chi connectivity index (χ2n) is 5.99. The molecule has 0 aliphatic heterocycles. The molecule has 10 heteroatoms. The van der Waals surface area contributed by atoms with Crippen LogP contribution in [0.15, 0.2) is 59.8 Å². The average Bonchev–Trinajstić information content (AvgIpc) is 3.20. The molecule has 0 saturated heterocycles. The van der Waals surface area contributed by atoms with Gasteiger partial charge in [0.1, 0.15) is 18.1 Å². The largest absolute Gasteiger partial charge is 0.487 e. The Hall–Kier alpha value is -3.79. The van der Waals surface area contributed by atoms with Gasteiger partial charge in [-0.25, -0.2) is 9.48 Å². The van der Waals surface area contributed by atoms with Gasteiger partial charge in [-0.1, -0.05) is 5.21 Å². The molecule has 3 rings (SSSR count). The third-order valence-electron chi connectivity index (χ3n) is 3.91. The molecule has 148 valence electrons. The van der Waals surface area contributed by atoms with Crippen LogP contribution >= 0.6 is 12.2 Å². The third-order valence-corrected chi connectivity index (χ3v) is 4.00. The molecule has 1 aromatic heterocycles. The monoisotopic (exact) mass is 410 g/mol. The zero-order valence-corrected chi connectivity index (χ0v) is 16.3. The molecule has 0 saturated carbocycles. The van der Waals surface area contributed by atoms with Gasteiger partial charge in [-0.3, -0.25) is 5.43 Å². The Morgan fingerprint density at radius 2 is 1.86 bits per heavy atom. The van der Waals surface area contributed by atoms with Crippen molar-refractivity contribution in [3.8, 4) is 11.4 Å². The highest BCUT2D eigenvalue weighted by Gasteiger charge is 2.07. The number of hydrogen-bond donors (Lipinski definition) is 3. The molecule has 0 atom stereocenters. The van der Waals surface area contributed by atoms with E-state index in [1.54, 1.807) is 23.0 Å². The minimum atomic E-state index is -0.976. The van der Waals surface area contributed by atoms with Gasteiger partial charge in [-0.15, -0.1) is 5.10 Å². The topological polar surface area (TPSA) is 128 Å². The Morgan fingerprint density at radius 1 is 1.21 bits per heavy atom. The number of thiocarbonyl (C=S) groups is 1. The number of aromatic nitrogens is 3. The van der Waals surface area contributed by atoms with E-state index in [-0.39, 0.29) is 17.3 Å². The van der Waals surface area contributed by atoms with Crippen LogP contribution < -0.4 is 15.9 Å². The Kier molecular flexibility index (Phi) is 6.15. The first kappa shape index (κ1) is 20.0. The summed E-state index contributed by atoms with van der Waals surface area (Å²) >= 11 is 4.72. The van der Waals surface area contributed by atoms with Crippen LogP contribution in [0.3, 0.4) is 0 Å². The summed E-state index contributed by atoms with van der Waals surface area (Å²) in [5.74, 6) is -0.306. The van der Waals surface area contributed by atoms with E-state index in [0.717, 1.165) is 11.3 Å². The number of hydrogen-bond acceptors (Lipinski definition) is 6. The molecule has 0 fully saturated rings. The Labute approximate surface area is 171 Å². The zero-order chi connectivity index (χ0) is 20.8. The number of carbonyl (C=O) groups is 1. The highest BCUT2D eigenvalue weighted by Crippen LogP contribution is 2.15. The Morgan fingerprint density at radius 3 is 2.48 bits per heavy atom. The predicted octanol–water partition coefficient (Wildman–Crippen LogP) is 2.10. The summed E-state index contributed by atoms with van der Waals surface area (Å²) < 4.78 is 7.29. The first-order valence-electron chi connectivity index (χ1n) is 8.50. The fourth-order valence-corrected chi connectivity index (χ4v) is 2.45. The highest BCUT2D eigenvalue weighted by atomic mass is 32.1. The van der Waals surface area contributed by atoms with E-state index in [9.17, 15) is 4.79 Å².